The van der Waals surface area contributed by atoms with Crippen LogP contribution in [-0.4, -0.2) is 28.2 Å². The molecule has 0 radical (unpaired) electrons. The maximum atomic E-state index is 11.5. The molecule has 114 valence electrons. The highest BCUT2D eigenvalue weighted by atomic mass is 35.5. The van der Waals surface area contributed by atoms with Gasteiger partial charge in [-0.05, 0) is 24.3 Å². The van der Waals surface area contributed by atoms with Crippen molar-refractivity contribution in [1.29, 1.82) is 0 Å². The number of carbonyl (C=O) groups is 1. The molecule has 0 saturated heterocycles. The molecule has 4 nitrogen and oxygen atoms in total. The fourth-order valence-corrected chi connectivity index (χ4v) is 2.83. The number of halogens is 2. The van der Waals surface area contributed by atoms with Gasteiger partial charge >= 0.3 is 0 Å². The van der Waals surface area contributed by atoms with Crippen LogP contribution in [-0.2, 0) is 4.79 Å². The molecule has 0 aliphatic carbocycles. The number of nitrogens with one attached hydrogen (secondary N) is 1. The average molecular weight is 354 g/mol. The van der Waals surface area contributed by atoms with E-state index in [1.807, 2.05) is 0 Å². The SMILES string of the molecule is C=CCNC(=O)CSc1nccc(-c2cc(Cl)cc(Cl)c2)n1. The molecule has 0 aliphatic heterocycles. The third kappa shape index (κ3) is 5.02. The zero-order valence-electron chi connectivity index (χ0n) is 11.6. The molecule has 0 aliphatic rings. The zero-order chi connectivity index (χ0) is 15.9. The number of nitrogens with zero attached hydrogens (tertiary/aromatic N) is 2. The molecule has 22 heavy (non-hydrogen) atoms. The second-order valence-electron chi connectivity index (χ2n) is 4.26. The number of hydrogen-bond donors (Lipinski definition) is 1. The van der Waals surface area contributed by atoms with Crippen LogP contribution < -0.4 is 5.32 Å². The van der Waals surface area contributed by atoms with Gasteiger partial charge in [0, 0.05) is 28.4 Å². The van der Waals surface area contributed by atoms with E-state index in [0.29, 0.717) is 27.4 Å². The Hall–Kier alpha value is -1.56. The topological polar surface area (TPSA) is 54.9 Å². The van der Waals surface area contributed by atoms with Gasteiger partial charge < -0.3 is 5.32 Å². The van der Waals surface area contributed by atoms with Crippen LogP contribution in [0.3, 0.4) is 0 Å². The zero-order valence-corrected chi connectivity index (χ0v) is 13.9. The summed E-state index contributed by atoms with van der Waals surface area (Å²) in [5.41, 5.74) is 1.51. The molecule has 1 heterocycles. The van der Waals surface area contributed by atoms with E-state index in [0.717, 1.165) is 5.56 Å². The number of hydrogen-bond acceptors (Lipinski definition) is 4. The number of benzene rings is 1. The van der Waals surface area contributed by atoms with E-state index >= 15 is 0 Å². The van der Waals surface area contributed by atoms with E-state index in [1.54, 1.807) is 36.5 Å². The summed E-state index contributed by atoms with van der Waals surface area (Å²) in [6.07, 6.45) is 3.27. The molecule has 1 aromatic carbocycles. The predicted octanol–water partition coefficient (Wildman–Crippen LogP) is 3.84. The van der Waals surface area contributed by atoms with Crippen molar-refractivity contribution >= 4 is 40.9 Å². The minimum absolute atomic E-state index is 0.0929. The Balaban J connectivity index is 2.09. The highest BCUT2D eigenvalue weighted by Gasteiger charge is 2.07. The molecule has 0 atom stereocenters. The third-order valence-corrected chi connectivity index (χ3v) is 3.87. The van der Waals surface area contributed by atoms with E-state index in [-0.39, 0.29) is 11.7 Å². The van der Waals surface area contributed by atoms with Gasteiger partial charge in [0.25, 0.3) is 0 Å². The lowest BCUT2D eigenvalue weighted by Crippen LogP contribution is -2.25. The molecule has 0 bridgehead atoms. The lowest BCUT2D eigenvalue weighted by Gasteiger charge is -2.05. The quantitative estimate of drug-likeness (QED) is 0.486. The van der Waals surface area contributed by atoms with Crippen LogP contribution in [0, 0.1) is 0 Å². The molecule has 0 fully saturated rings. The van der Waals surface area contributed by atoms with Gasteiger partial charge in [-0.15, -0.1) is 6.58 Å². The van der Waals surface area contributed by atoms with Crippen molar-refractivity contribution < 1.29 is 4.79 Å². The Morgan fingerprint density at radius 2 is 2.05 bits per heavy atom. The highest BCUT2D eigenvalue weighted by Crippen LogP contribution is 2.26. The summed E-state index contributed by atoms with van der Waals surface area (Å²) in [4.78, 5) is 20.1. The fraction of sp³-hybridized carbons (Fsp3) is 0.133. The number of rotatable bonds is 6. The summed E-state index contributed by atoms with van der Waals surface area (Å²) >= 11 is 13.3. The Bertz CT molecular complexity index is 674. The summed E-state index contributed by atoms with van der Waals surface area (Å²) in [5, 5.41) is 4.29. The maximum Gasteiger partial charge on any atom is 0.230 e. The second-order valence-corrected chi connectivity index (χ2v) is 6.08. The number of thioether (sulfide) groups is 1. The minimum Gasteiger partial charge on any atom is -0.352 e. The summed E-state index contributed by atoms with van der Waals surface area (Å²) in [7, 11) is 0. The number of aromatic nitrogens is 2. The maximum absolute atomic E-state index is 11.5. The van der Waals surface area contributed by atoms with E-state index in [4.69, 9.17) is 23.2 Å². The first-order valence-electron chi connectivity index (χ1n) is 6.38. The van der Waals surface area contributed by atoms with Gasteiger partial charge in [-0.1, -0.05) is 41.0 Å². The molecule has 1 amide bonds. The summed E-state index contributed by atoms with van der Waals surface area (Å²) in [6.45, 7) is 3.99. The standard InChI is InChI=1S/C15H13Cl2N3OS/c1-2-4-18-14(21)9-22-15-19-5-3-13(20-15)10-6-11(16)8-12(17)7-10/h2-3,5-8H,1,4,9H2,(H,18,21). The van der Waals surface area contributed by atoms with Crippen LogP contribution in [0.5, 0.6) is 0 Å². The van der Waals surface area contributed by atoms with Crippen LogP contribution in [0.15, 0.2) is 48.3 Å². The van der Waals surface area contributed by atoms with E-state index in [1.165, 1.54) is 11.8 Å². The third-order valence-electron chi connectivity index (χ3n) is 2.57. The van der Waals surface area contributed by atoms with Crippen molar-refractivity contribution in [2.24, 2.45) is 0 Å². The van der Waals surface area contributed by atoms with Gasteiger partial charge in [-0.2, -0.15) is 0 Å². The van der Waals surface area contributed by atoms with E-state index in [9.17, 15) is 4.79 Å². The van der Waals surface area contributed by atoms with Gasteiger partial charge in [0.2, 0.25) is 5.91 Å². The number of amides is 1. The molecule has 1 aromatic heterocycles. The molecule has 0 spiro atoms. The van der Waals surface area contributed by atoms with Crippen LogP contribution in [0.1, 0.15) is 0 Å². The van der Waals surface area contributed by atoms with Crippen LogP contribution in [0.4, 0.5) is 0 Å². The van der Waals surface area contributed by atoms with Gasteiger partial charge in [0.15, 0.2) is 5.16 Å². The van der Waals surface area contributed by atoms with Crippen LogP contribution in [0.25, 0.3) is 11.3 Å². The van der Waals surface area contributed by atoms with Crippen molar-refractivity contribution in [3.63, 3.8) is 0 Å². The van der Waals surface area contributed by atoms with E-state index < -0.39 is 0 Å². The highest BCUT2D eigenvalue weighted by molar-refractivity contribution is 7.99. The van der Waals surface area contributed by atoms with E-state index in [2.05, 4.69) is 21.9 Å². The minimum atomic E-state index is -0.0929. The Labute approximate surface area is 143 Å². The lowest BCUT2D eigenvalue weighted by molar-refractivity contribution is -0.118. The number of carbonyl (C=O) groups excluding carboxylic acids is 1. The smallest absolute Gasteiger partial charge is 0.230 e. The fourth-order valence-electron chi connectivity index (χ4n) is 1.64. The molecular weight excluding hydrogens is 341 g/mol. The predicted molar refractivity (Wildman–Crippen MR) is 91.4 cm³/mol. The lowest BCUT2D eigenvalue weighted by atomic mass is 10.1. The van der Waals surface area contributed by atoms with Crippen molar-refractivity contribution in [3.8, 4) is 11.3 Å². The van der Waals surface area contributed by atoms with Gasteiger partial charge in [-0.3, -0.25) is 4.79 Å². The summed E-state index contributed by atoms with van der Waals surface area (Å²) in [6, 6.07) is 6.99. The van der Waals surface area contributed by atoms with Crippen LogP contribution in [0.2, 0.25) is 10.0 Å². The largest absolute Gasteiger partial charge is 0.352 e. The monoisotopic (exact) mass is 353 g/mol. The van der Waals surface area contributed by atoms with Crippen molar-refractivity contribution in [2.75, 3.05) is 12.3 Å². The van der Waals surface area contributed by atoms with Crippen LogP contribution >= 0.6 is 35.0 Å². The van der Waals surface area contributed by atoms with Crippen molar-refractivity contribution in [3.05, 3.63) is 53.2 Å². The molecule has 0 unspecified atom stereocenters. The Kier molecular flexibility index (Phi) is 6.24. The summed E-state index contributed by atoms with van der Waals surface area (Å²) < 4.78 is 0. The first-order valence-corrected chi connectivity index (χ1v) is 8.12. The molecule has 2 aromatic rings. The van der Waals surface area contributed by atoms with Crippen molar-refractivity contribution in [2.45, 2.75) is 5.16 Å². The molecule has 0 saturated carbocycles. The molecule has 7 heteroatoms. The normalized spacial score (nSPS) is 10.3. The Morgan fingerprint density at radius 1 is 1.32 bits per heavy atom. The van der Waals surface area contributed by atoms with Gasteiger partial charge in [0.1, 0.15) is 0 Å². The molecule has 2 rings (SSSR count). The first-order chi connectivity index (χ1) is 10.6. The Morgan fingerprint density at radius 3 is 2.73 bits per heavy atom. The second kappa shape index (κ2) is 8.17. The van der Waals surface area contributed by atoms with Crippen molar-refractivity contribution in [1.82, 2.24) is 15.3 Å². The van der Waals surface area contributed by atoms with Gasteiger partial charge in [0.05, 0.1) is 11.4 Å². The summed E-state index contributed by atoms with van der Waals surface area (Å²) in [5.74, 6) is 0.151. The molecule has 1 N–H and O–H groups in total. The first kappa shape index (κ1) is 16.8. The molecular formula is C15H13Cl2N3OS. The average Bonchev–Trinajstić information content (AvgIpc) is 2.50. The van der Waals surface area contributed by atoms with Gasteiger partial charge in [-0.25, -0.2) is 9.97 Å².